The maximum absolute atomic E-state index is 12.9. The average molecular weight is 382 g/mol. The van der Waals surface area contributed by atoms with Crippen LogP contribution in [0.4, 0.5) is 13.2 Å². The molecule has 1 fully saturated rings. The van der Waals surface area contributed by atoms with Gasteiger partial charge in [0.05, 0.1) is 24.6 Å². The van der Waals surface area contributed by atoms with Crippen molar-refractivity contribution in [3.63, 3.8) is 0 Å². The molecule has 2 heterocycles. The molecule has 3 N–H and O–H groups in total. The van der Waals surface area contributed by atoms with Gasteiger partial charge in [-0.2, -0.15) is 13.2 Å². The normalized spacial score (nSPS) is 21.4. The topological polar surface area (TPSA) is 84.4 Å². The molecule has 1 aliphatic heterocycles. The maximum atomic E-state index is 12.9. The number of hydrogen-bond donors (Lipinski definition) is 2. The number of aliphatic hydroxyl groups is 1. The van der Waals surface area contributed by atoms with Crippen LogP contribution < -0.4 is 5.73 Å². The summed E-state index contributed by atoms with van der Waals surface area (Å²) < 4.78 is 40.5. The number of nitrogens with two attached hydrogens (primary N) is 1. The molecule has 27 heavy (non-hydrogen) atoms. The Hall–Kier alpha value is -2.39. The van der Waals surface area contributed by atoms with Gasteiger partial charge in [-0.3, -0.25) is 4.79 Å². The number of imidazole rings is 1. The average Bonchev–Trinajstić information content (AvgIpc) is 3.22. The Labute approximate surface area is 154 Å². The van der Waals surface area contributed by atoms with Crippen molar-refractivity contribution in [1.82, 2.24) is 14.5 Å². The number of aromatic nitrogens is 2. The molecule has 6 nitrogen and oxygen atoms in total. The standard InChI is InChI=1S/C18H21F3N4O2/c19-18(20,21)17(27)6-7-25(11-17)16(26)15(22)8-14-10-24(12-23-14)9-13-4-2-1-3-5-13/h1-5,10,12,15,27H,6-9,11,22H2/t15-,17+/m0/s1. The molecular formula is C18H21F3N4O2. The number of amides is 1. The van der Waals surface area contributed by atoms with E-state index in [1.807, 2.05) is 34.9 Å². The lowest BCUT2D eigenvalue weighted by atomic mass is 10.0. The van der Waals surface area contributed by atoms with Gasteiger partial charge in [-0.05, 0) is 5.56 Å². The first-order valence-corrected chi connectivity index (χ1v) is 8.56. The van der Waals surface area contributed by atoms with Crippen LogP contribution in [-0.4, -0.2) is 56.4 Å². The second kappa shape index (κ2) is 7.32. The summed E-state index contributed by atoms with van der Waals surface area (Å²) in [5.41, 5.74) is 4.69. The zero-order valence-corrected chi connectivity index (χ0v) is 14.6. The number of alkyl halides is 3. The Morgan fingerprint density at radius 2 is 2.04 bits per heavy atom. The van der Waals surface area contributed by atoms with Gasteiger partial charge in [-0.1, -0.05) is 30.3 Å². The van der Waals surface area contributed by atoms with Gasteiger partial charge in [-0.15, -0.1) is 0 Å². The first-order chi connectivity index (χ1) is 12.7. The van der Waals surface area contributed by atoms with Gasteiger partial charge in [0.25, 0.3) is 0 Å². The summed E-state index contributed by atoms with van der Waals surface area (Å²) >= 11 is 0. The molecule has 1 aromatic heterocycles. The van der Waals surface area contributed by atoms with Crippen LogP contribution in [0.1, 0.15) is 17.7 Å². The molecule has 3 rings (SSSR count). The third-order valence-corrected chi connectivity index (χ3v) is 4.73. The molecule has 0 unspecified atom stereocenters. The van der Waals surface area contributed by atoms with E-state index in [1.54, 1.807) is 12.5 Å². The summed E-state index contributed by atoms with van der Waals surface area (Å²) in [5, 5.41) is 9.69. The number of carbonyl (C=O) groups excluding carboxylic acids is 1. The third kappa shape index (κ3) is 4.30. The lowest BCUT2D eigenvalue weighted by molar-refractivity contribution is -0.253. The first-order valence-electron chi connectivity index (χ1n) is 8.56. The van der Waals surface area contributed by atoms with Crippen molar-refractivity contribution in [1.29, 1.82) is 0 Å². The Morgan fingerprint density at radius 1 is 1.33 bits per heavy atom. The fourth-order valence-electron chi connectivity index (χ4n) is 3.15. The van der Waals surface area contributed by atoms with Gasteiger partial charge in [0.15, 0.2) is 5.60 Å². The van der Waals surface area contributed by atoms with E-state index < -0.39 is 36.7 Å². The molecular weight excluding hydrogens is 361 g/mol. The lowest BCUT2D eigenvalue weighted by Gasteiger charge is -2.26. The van der Waals surface area contributed by atoms with E-state index in [0.29, 0.717) is 12.2 Å². The molecule has 0 spiro atoms. The van der Waals surface area contributed by atoms with Gasteiger partial charge in [0, 0.05) is 32.1 Å². The van der Waals surface area contributed by atoms with Crippen molar-refractivity contribution < 1.29 is 23.1 Å². The van der Waals surface area contributed by atoms with Crippen LogP contribution in [0.15, 0.2) is 42.9 Å². The molecule has 146 valence electrons. The highest BCUT2D eigenvalue weighted by molar-refractivity contribution is 5.82. The molecule has 0 aliphatic carbocycles. The molecule has 1 aromatic carbocycles. The summed E-state index contributed by atoms with van der Waals surface area (Å²) in [6.07, 6.45) is -1.82. The first kappa shape index (κ1) is 19.4. The minimum absolute atomic E-state index is 0.113. The van der Waals surface area contributed by atoms with Crippen LogP contribution in [0, 0.1) is 0 Å². The minimum Gasteiger partial charge on any atom is -0.379 e. The highest BCUT2D eigenvalue weighted by Crippen LogP contribution is 2.37. The molecule has 2 atom stereocenters. The van der Waals surface area contributed by atoms with Crippen LogP contribution in [0.2, 0.25) is 0 Å². The predicted octanol–water partition coefficient (Wildman–Crippen LogP) is 1.33. The number of likely N-dealkylation sites (tertiary alicyclic amines) is 1. The Morgan fingerprint density at radius 3 is 2.67 bits per heavy atom. The quantitative estimate of drug-likeness (QED) is 0.817. The van der Waals surface area contributed by atoms with Crippen molar-refractivity contribution in [2.45, 2.75) is 37.2 Å². The Kier molecular flexibility index (Phi) is 5.25. The number of carbonyl (C=O) groups is 1. The van der Waals surface area contributed by atoms with Crippen LogP contribution in [-0.2, 0) is 17.8 Å². The van der Waals surface area contributed by atoms with Gasteiger partial charge < -0.3 is 20.3 Å². The molecule has 1 amide bonds. The van der Waals surface area contributed by atoms with Crippen molar-refractivity contribution in [3.8, 4) is 0 Å². The number of halogens is 3. The molecule has 1 saturated heterocycles. The van der Waals surface area contributed by atoms with Crippen molar-refractivity contribution >= 4 is 5.91 Å². The fourth-order valence-corrected chi connectivity index (χ4v) is 3.15. The summed E-state index contributed by atoms with van der Waals surface area (Å²) in [6.45, 7) is -0.349. The van der Waals surface area contributed by atoms with E-state index in [-0.39, 0.29) is 13.0 Å². The minimum atomic E-state index is -4.78. The number of β-amino-alcohol motifs (C(OH)–C–C–N with tert-alkyl or cyclic N) is 1. The van der Waals surface area contributed by atoms with Crippen LogP contribution in [0.5, 0.6) is 0 Å². The van der Waals surface area contributed by atoms with Gasteiger partial charge >= 0.3 is 6.18 Å². The van der Waals surface area contributed by atoms with E-state index in [4.69, 9.17) is 5.73 Å². The summed E-state index contributed by atoms with van der Waals surface area (Å²) in [7, 11) is 0. The zero-order valence-electron chi connectivity index (χ0n) is 14.6. The second-order valence-electron chi connectivity index (χ2n) is 6.87. The predicted molar refractivity (Wildman–Crippen MR) is 91.7 cm³/mol. The maximum Gasteiger partial charge on any atom is 0.419 e. The SMILES string of the molecule is N[C@@H](Cc1cn(Cc2ccccc2)cn1)C(=O)N1CC[C@](O)(C(F)(F)F)C1. The van der Waals surface area contributed by atoms with Crippen LogP contribution >= 0.6 is 0 Å². The van der Waals surface area contributed by atoms with E-state index in [9.17, 15) is 23.1 Å². The highest BCUT2D eigenvalue weighted by Gasteiger charge is 2.58. The number of nitrogens with zero attached hydrogens (tertiary/aromatic N) is 3. The largest absolute Gasteiger partial charge is 0.419 e. The van der Waals surface area contributed by atoms with Crippen LogP contribution in [0.3, 0.4) is 0 Å². The highest BCUT2D eigenvalue weighted by atomic mass is 19.4. The Balaban J connectivity index is 1.58. The van der Waals surface area contributed by atoms with Crippen LogP contribution in [0.25, 0.3) is 0 Å². The zero-order chi connectivity index (χ0) is 19.7. The van der Waals surface area contributed by atoms with Gasteiger partial charge in [0.1, 0.15) is 0 Å². The van der Waals surface area contributed by atoms with Crippen molar-refractivity contribution in [2.75, 3.05) is 13.1 Å². The summed E-state index contributed by atoms with van der Waals surface area (Å²) in [5.74, 6) is -0.618. The van der Waals surface area contributed by atoms with Gasteiger partial charge in [-0.25, -0.2) is 4.98 Å². The molecule has 0 saturated carbocycles. The number of benzene rings is 1. The van der Waals surface area contributed by atoms with E-state index in [0.717, 1.165) is 10.5 Å². The third-order valence-electron chi connectivity index (χ3n) is 4.73. The molecule has 9 heteroatoms. The molecule has 2 aromatic rings. The van der Waals surface area contributed by atoms with E-state index in [1.165, 1.54) is 0 Å². The number of rotatable bonds is 5. The molecule has 1 aliphatic rings. The Bertz CT molecular complexity index is 793. The van der Waals surface area contributed by atoms with Crippen molar-refractivity contribution in [3.05, 3.63) is 54.1 Å². The second-order valence-corrected chi connectivity index (χ2v) is 6.87. The summed E-state index contributed by atoms with van der Waals surface area (Å²) in [6, 6.07) is 8.72. The van der Waals surface area contributed by atoms with E-state index in [2.05, 4.69) is 4.98 Å². The fraction of sp³-hybridized carbons (Fsp3) is 0.444. The lowest BCUT2D eigenvalue weighted by Crippen LogP contribution is -2.50. The van der Waals surface area contributed by atoms with E-state index >= 15 is 0 Å². The molecule has 0 bridgehead atoms. The number of hydrogen-bond acceptors (Lipinski definition) is 4. The smallest absolute Gasteiger partial charge is 0.379 e. The molecule has 0 radical (unpaired) electrons. The monoisotopic (exact) mass is 382 g/mol. The van der Waals surface area contributed by atoms with Crippen molar-refractivity contribution in [2.24, 2.45) is 5.73 Å². The van der Waals surface area contributed by atoms with Gasteiger partial charge in [0.2, 0.25) is 5.91 Å². The summed E-state index contributed by atoms with van der Waals surface area (Å²) in [4.78, 5) is 17.5.